The third-order valence-corrected chi connectivity index (χ3v) is 4.63. The van der Waals surface area contributed by atoms with E-state index in [4.69, 9.17) is 4.74 Å². The Morgan fingerprint density at radius 3 is 2.74 bits per heavy atom. The minimum Gasteiger partial charge on any atom is -0.377 e. The van der Waals surface area contributed by atoms with E-state index in [-0.39, 0.29) is 0 Å². The van der Waals surface area contributed by atoms with Crippen LogP contribution in [0.5, 0.6) is 0 Å². The quantitative estimate of drug-likeness (QED) is 0.718. The molecule has 3 nitrogen and oxygen atoms in total. The van der Waals surface area contributed by atoms with Crippen LogP contribution in [0.1, 0.15) is 51.9 Å². The maximum absolute atomic E-state index is 5.75. The van der Waals surface area contributed by atoms with Gasteiger partial charge in [0.2, 0.25) is 0 Å². The Hall–Kier alpha value is -0.120. The molecule has 0 aromatic heterocycles. The highest BCUT2D eigenvalue weighted by atomic mass is 16.5. The number of ether oxygens (including phenoxy) is 1. The number of rotatable bonds is 7. The summed E-state index contributed by atoms with van der Waals surface area (Å²) in [6.45, 7) is 8.94. The molecule has 1 N–H and O–H groups in total. The van der Waals surface area contributed by atoms with Crippen molar-refractivity contribution in [3.8, 4) is 0 Å². The van der Waals surface area contributed by atoms with Crippen molar-refractivity contribution >= 4 is 0 Å². The fourth-order valence-electron chi connectivity index (χ4n) is 3.52. The van der Waals surface area contributed by atoms with E-state index in [1.807, 2.05) is 0 Å². The zero-order chi connectivity index (χ0) is 13.3. The second-order valence-corrected chi connectivity index (χ2v) is 6.23. The van der Waals surface area contributed by atoms with Crippen LogP contribution < -0.4 is 5.32 Å². The minimum atomic E-state index is 0.483. The lowest BCUT2D eigenvalue weighted by atomic mass is 9.89. The molecule has 2 fully saturated rings. The van der Waals surface area contributed by atoms with Crippen molar-refractivity contribution < 1.29 is 4.74 Å². The fraction of sp³-hybridized carbons (Fsp3) is 1.00. The molecule has 2 aliphatic rings. The van der Waals surface area contributed by atoms with Gasteiger partial charge in [0.1, 0.15) is 0 Å². The van der Waals surface area contributed by atoms with Crippen molar-refractivity contribution in [3.05, 3.63) is 0 Å². The number of piperidine rings is 1. The van der Waals surface area contributed by atoms with E-state index in [2.05, 4.69) is 17.1 Å². The lowest BCUT2D eigenvalue weighted by Gasteiger charge is -2.32. The van der Waals surface area contributed by atoms with Gasteiger partial charge in [-0.15, -0.1) is 0 Å². The summed E-state index contributed by atoms with van der Waals surface area (Å²) in [4.78, 5) is 2.57. The van der Waals surface area contributed by atoms with E-state index >= 15 is 0 Å². The second kappa shape index (κ2) is 8.93. The Morgan fingerprint density at radius 2 is 1.95 bits per heavy atom. The molecule has 0 radical (unpaired) electrons. The molecule has 0 aromatic rings. The molecule has 0 aromatic carbocycles. The van der Waals surface area contributed by atoms with E-state index in [0.29, 0.717) is 6.10 Å². The Morgan fingerprint density at radius 1 is 1.11 bits per heavy atom. The first kappa shape index (κ1) is 15.3. The van der Waals surface area contributed by atoms with Crippen LogP contribution in [0.2, 0.25) is 0 Å². The average Bonchev–Trinajstić information content (AvgIpc) is 2.46. The van der Waals surface area contributed by atoms with Gasteiger partial charge in [0.25, 0.3) is 0 Å². The van der Waals surface area contributed by atoms with Crippen molar-refractivity contribution in [2.75, 3.05) is 39.3 Å². The minimum absolute atomic E-state index is 0.483. The highest BCUT2D eigenvalue weighted by Crippen LogP contribution is 2.22. The van der Waals surface area contributed by atoms with Crippen molar-refractivity contribution in [1.82, 2.24) is 10.2 Å². The van der Waals surface area contributed by atoms with Gasteiger partial charge in [0.05, 0.1) is 6.10 Å². The molecule has 2 rings (SSSR count). The predicted octanol–water partition coefficient (Wildman–Crippen LogP) is 2.66. The first-order valence-corrected chi connectivity index (χ1v) is 8.43. The lowest BCUT2D eigenvalue weighted by Crippen LogP contribution is -2.43. The fourth-order valence-corrected chi connectivity index (χ4v) is 3.52. The Balaban J connectivity index is 1.52. The van der Waals surface area contributed by atoms with Gasteiger partial charge in [-0.3, -0.25) is 4.90 Å². The molecular weight excluding hydrogens is 236 g/mol. The molecule has 1 saturated heterocycles. The number of nitrogens with zero attached hydrogens (tertiary/aromatic N) is 1. The highest BCUT2D eigenvalue weighted by molar-refractivity contribution is 4.74. The molecule has 0 bridgehead atoms. The first-order valence-electron chi connectivity index (χ1n) is 8.43. The number of hydrogen-bond acceptors (Lipinski definition) is 3. The molecule has 1 unspecified atom stereocenters. The van der Waals surface area contributed by atoms with Gasteiger partial charge in [0.15, 0.2) is 0 Å². The summed E-state index contributed by atoms with van der Waals surface area (Å²) >= 11 is 0. The second-order valence-electron chi connectivity index (χ2n) is 6.23. The van der Waals surface area contributed by atoms with Gasteiger partial charge < -0.3 is 10.1 Å². The summed E-state index contributed by atoms with van der Waals surface area (Å²) < 4.78 is 5.75. The summed E-state index contributed by atoms with van der Waals surface area (Å²) in [5.74, 6) is 0.950. The smallest absolute Gasteiger partial charge is 0.0702 e. The zero-order valence-electron chi connectivity index (χ0n) is 12.7. The van der Waals surface area contributed by atoms with Gasteiger partial charge in [-0.1, -0.05) is 19.3 Å². The van der Waals surface area contributed by atoms with Crippen molar-refractivity contribution in [1.29, 1.82) is 0 Å². The summed E-state index contributed by atoms with van der Waals surface area (Å²) in [7, 11) is 0. The lowest BCUT2D eigenvalue weighted by molar-refractivity contribution is 0.00630. The molecule has 1 aliphatic carbocycles. The van der Waals surface area contributed by atoms with E-state index < -0.39 is 0 Å². The normalized spacial score (nSPS) is 26.7. The van der Waals surface area contributed by atoms with Gasteiger partial charge >= 0.3 is 0 Å². The van der Waals surface area contributed by atoms with Crippen molar-refractivity contribution in [2.45, 2.75) is 58.0 Å². The van der Waals surface area contributed by atoms with Crippen molar-refractivity contribution in [3.63, 3.8) is 0 Å². The summed E-state index contributed by atoms with van der Waals surface area (Å²) in [6, 6.07) is 0. The standard InChI is InChI=1S/C16H32N2O/c1-2-19-16-9-6-11-18(14-16)12-10-17-13-15-7-4-3-5-8-15/h15-17H,2-14H2,1H3. The van der Waals surface area contributed by atoms with Gasteiger partial charge in [-0.25, -0.2) is 0 Å². The third-order valence-electron chi connectivity index (χ3n) is 4.63. The monoisotopic (exact) mass is 268 g/mol. The zero-order valence-corrected chi connectivity index (χ0v) is 12.7. The topological polar surface area (TPSA) is 24.5 Å². The van der Waals surface area contributed by atoms with Crippen LogP contribution in [0.25, 0.3) is 0 Å². The third kappa shape index (κ3) is 5.80. The van der Waals surface area contributed by atoms with E-state index in [0.717, 1.165) is 25.6 Å². The van der Waals surface area contributed by atoms with Crippen LogP contribution in [0.4, 0.5) is 0 Å². The first-order chi connectivity index (χ1) is 9.38. The molecule has 3 heteroatoms. The molecule has 1 atom stereocenters. The Kier molecular flexibility index (Phi) is 7.18. The molecule has 1 saturated carbocycles. The molecule has 112 valence electrons. The van der Waals surface area contributed by atoms with Gasteiger partial charge in [0, 0.05) is 26.2 Å². The van der Waals surface area contributed by atoms with Crippen LogP contribution >= 0.6 is 0 Å². The Labute approximate surface area is 119 Å². The number of hydrogen-bond donors (Lipinski definition) is 1. The molecule has 1 heterocycles. The summed E-state index contributed by atoms with van der Waals surface area (Å²) in [5.41, 5.74) is 0. The van der Waals surface area contributed by atoms with Crippen LogP contribution in [-0.2, 0) is 4.74 Å². The Bertz CT molecular complexity index is 227. The van der Waals surface area contributed by atoms with Crippen LogP contribution in [0, 0.1) is 5.92 Å². The molecule has 0 spiro atoms. The number of likely N-dealkylation sites (tertiary alicyclic amines) is 1. The summed E-state index contributed by atoms with van der Waals surface area (Å²) in [5, 5.41) is 3.67. The highest BCUT2D eigenvalue weighted by Gasteiger charge is 2.19. The van der Waals surface area contributed by atoms with E-state index in [1.165, 1.54) is 64.6 Å². The molecular formula is C16H32N2O. The van der Waals surface area contributed by atoms with E-state index in [9.17, 15) is 0 Å². The van der Waals surface area contributed by atoms with E-state index in [1.54, 1.807) is 0 Å². The average molecular weight is 268 g/mol. The SMILES string of the molecule is CCOC1CCCN(CCNCC2CCCCC2)C1. The molecule has 0 amide bonds. The van der Waals surface area contributed by atoms with Gasteiger partial charge in [-0.2, -0.15) is 0 Å². The van der Waals surface area contributed by atoms with Crippen LogP contribution in [0.3, 0.4) is 0 Å². The maximum Gasteiger partial charge on any atom is 0.0702 e. The van der Waals surface area contributed by atoms with Crippen molar-refractivity contribution in [2.24, 2.45) is 5.92 Å². The molecule has 19 heavy (non-hydrogen) atoms. The summed E-state index contributed by atoms with van der Waals surface area (Å²) in [6.07, 6.45) is 10.3. The van der Waals surface area contributed by atoms with Gasteiger partial charge in [-0.05, 0) is 51.6 Å². The predicted molar refractivity (Wildman–Crippen MR) is 80.5 cm³/mol. The van der Waals surface area contributed by atoms with Crippen LogP contribution in [0.15, 0.2) is 0 Å². The van der Waals surface area contributed by atoms with Crippen LogP contribution in [-0.4, -0.2) is 50.3 Å². The number of nitrogens with one attached hydrogen (secondary N) is 1. The maximum atomic E-state index is 5.75. The largest absolute Gasteiger partial charge is 0.377 e. The molecule has 1 aliphatic heterocycles.